The molecule has 0 spiro atoms. The molecule has 1 aliphatic rings. The molecule has 0 heterocycles. The summed E-state index contributed by atoms with van der Waals surface area (Å²) in [5.74, 6) is -1.86. The van der Waals surface area contributed by atoms with Crippen LogP contribution in [0.5, 0.6) is 5.75 Å². The third-order valence-corrected chi connectivity index (χ3v) is 5.04. The van der Waals surface area contributed by atoms with E-state index in [0.717, 1.165) is 36.6 Å². The Bertz CT molecular complexity index is 845. The van der Waals surface area contributed by atoms with Crippen molar-refractivity contribution in [2.75, 3.05) is 13.7 Å². The van der Waals surface area contributed by atoms with Crippen LogP contribution in [0.3, 0.4) is 0 Å². The summed E-state index contributed by atoms with van der Waals surface area (Å²) in [6.07, 6.45) is 2.87. The van der Waals surface area contributed by atoms with Crippen molar-refractivity contribution in [3.63, 3.8) is 0 Å². The summed E-state index contributed by atoms with van der Waals surface area (Å²) >= 11 is 0. The van der Waals surface area contributed by atoms with Crippen LogP contribution in [0.2, 0.25) is 0 Å². The normalized spacial score (nSPS) is 15.0. The van der Waals surface area contributed by atoms with Gasteiger partial charge in [0.05, 0.1) is 18.2 Å². The third kappa shape index (κ3) is 3.27. The SMILES string of the molecule is COc1ccccc1C1(CNC(=O)c2ccc(C(=O)O)cc2F)CCC1. The first-order valence-electron chi connectivity index (χ1n) is 8.41. The standard InChI is InChI=1S/C20H20FNO4/c1-26-17-6-3-2-5-15(17)20(9-4-10-20)12-22-18(23)14-8-7-13(19(24)25)11-16(14)21/h2-3,5-8,11H,4,9-10,12H2,1H3,(H,22,23)(H,24,25). The molecule has 0 bridgehead atoms. The first kappa shape index (κ1) is 17.9. The van der Waals surface area contributed by atoms with Crippen LogP contribution in [0.25, 0.3) is 0 Å². The smallest absolute Gasteiger partial charge is 0.335 e. The van der Waals surface area contributed by atoms with Gasteiger partial charge in [0.25, 0.3) is 5.91 Å². The molecule has 1 saturated carbocycles. The molecule has 1 aliphatic carbocycles. The highest BCUT2D eigenvalue weighted by Crippen LogP contribution is 2.46. The van der Waals surface area contributed by atoms with Crippen molar-refractivity contribution in [1.82, 2.24) is 5.32 Å². The lowest BCUT2D eigenvalue weighted by molar-refractivity contribution is 0.0695. The number of ether oxygens (including phenoxy) is 1. The predicted octanol–water partition coefficient (Wildman–Crippen LogP) is 3.38. The van der Waals surface area contributed by atoms with Crippen molar-refractivity contribution in [2.24, 2.45) is 0 Å². The van der Waals surface area contributed by atoms with E-state index in [4.69, 9.17) is 9.84 Å². The fourth-order valence-corrected chi connectivity index (χ4v) is 3.40. The summed E-state index contributed by atoms with van der Waals surface area (Å²) in [6.45, 7) is 0.367. The van der Waals surface area contributed by atoms with E-state index in [9.17, 15) is 14.0 Å². The van der Waals surface area contributed by atoms with Gasteiger partial charge in [-0.25, -0.2) is 9.18 Å². The van der Waals surface area contributed by atoms with E-state index < -0.39 is 17.7 Å². The lowest BCUT2D eigenvalue weighted by atomic mass is 9.64. The highest BCUT2D eigenvalue weighted by Gasteiger charge is 2.41. The van der Waals surface area contributed by atoms with Crippen LogP contribution in [-0.4, -0.2) is 30.6 Å². The second-order valence-electron chi connectivity index (χ2n) is 6.52. The molecule has 5 nitrogen and oxygen atoms in total. The summed E-state index contributed by atoms with van der Waals surface area (Å²) in [5.41, 5.74) is 0.462. The van der Waals surface area contributed by atoms with Gasteiger partial charge in [-0.1, -0.05) is 24.6 Å². The Labute approximate surface area is 150 Å². The number of benzene rings is 2. The van der Waals surface area contributed by atoms with Crippen molar-refractivity contribution in [3.05, 3.63) is 65.0 Å². The van der Waals surface area contributed by atoms with E-state index in [1.54, 1.807) is 7.11 Å². The first-order chi connectivity index (χ1) is 12.5. The maximum absolute atomic E-state index is 14.1. The number of para-hydroxylation sites is 1. The molecule has 0 radical (unpaired) electrons. The predicted molar refractivity (Wildman–Crippen MR) is 94.2 cm³/mol. The molecule has 6 heteroatoms. The number of rotatable bonds is 6. The minimum Gasteiger partial charge on any atom is -0.496 e. The molecule has 2 aromatic rings. The van der Waals surface area contributed by atoms with Crippen molar-refractivity contribution < 1.29 is 23.8 Å². The zero-order chi connectivity index (χ0) is 18.7. The van der Waals surface area contributed by atoms with E-state index in [1.165, 1.54) is 12.1 Å². The van der Waals surface area contributed by atoms with Crippen LogP contribution in [0.1, 0.15) is 45.5 Å². The number of aromatic carboxylic acids is 1. The highest BCUT2D eigenvalue weighted by molar-refractivity contribution is 5.96. The van der Waals surface area contributed by atoms with Crippen LogP contribution in [0.4, 0.5) is 4.39 Å². The lowest BCUT2D eigenvalue weighted by Gasteiger charge is -2.43. The number of carboxylic acid groups (broad SMARTS) is 1. The molecule has 26 heavy (non-hydrogen) atoms. The fourth-order valence-electron chi connectivity index (χ4n) is 3.40. The van der Waals surface area contributed by atoms with Gasteiger partial charge in [0.15, 0.2) is 0 Å². The Balaban J connectivity index is 1.77. The summed E-state index contributed by atoms with van der Waals surface area (Å²) < 4.78 is 19.5. The number of hydrogen-bond acceptors (Lipinski definition) is 3. The van der Waals surface area contributed by atoms with Crippen molar-refractivity contribution in [1.29, 1.82) is 0 Å². The molecule has 3 rings (SSSR count). The highest BCUT2D eigenvalue weighted by atomic mass is 19.1. The Morgan fingerprint density at radius 2 is 1.96 bits per heavy atom. The van der Waals surface area contributed by atoms with Gasteiger partial charge < -0.3 is 15.2 Å². The molecule has 1 fully saturated rings. The average Bonchev–Trinajstić information content (AvgIpc) is 2.60. The number of halogens is 1. The Hall–Kier alpha value is -2.89. The van der Waals surface area contributed by atoms with E-state index in [-0.39, 0.29) is 16.5 Å². The average molecular weight is 357 g/mol. The van der Waals surface area contributed by atoms with E-state index >= 15 is 0 Å². The molecule has 0 aromatic heterocycles. The van der Waals surface area contributed by atoms with Crippen LogP contribution in [0, 0.1) is 5.82 Å². The maximum Gasteiger partial charge on any atom is 0.335 e. The number of carbonyl (C=O) groups excluding carboxylic acids is 1. The molecular formula is C20H20FNO4. The van der Waals surface area contributed by atoms with E-state index in [0.29, 0.717) is 6.54 Å². The number of carbonyl (C=O) groups is 2. The number of nitrogens with one attached hydrogen (secondary N) is 1. The largest absolute Gasteiger partial charge is 0.496 e. The zero-order valence-electron chi connectivity index (χ0n) is 14.4. The van der Waals surface area contributed by atoms with Gasteiger partial charge >= 0.3 is 5.97 Å². The van der Waals surface area contributed by atoms with Crippen molar-refractivity contribution >= 4 is 11.9 Å². The van der Waals surface area contributed by atoms with Crippen molar-refractivity contribution in [3.8, 4) is 5.75 Å². The summed E-state index contributed by atoms with van der Waals surface area (Å²) in [7, 11) is 1.61. The fraction of sp³-hybridized carbons (Fsp3) is 0.300. The van der Waals surface area contributed by atoms with Gasteiger partial charge in [0, 0.05) is 17.5 Å². The first-order valence-corrected chi connectivity index (χ1v) is 8.41. The van der Waals surface area contributed by atoms with E-state index in [1.807, 2.05) is 24.3 Å². The Morgan fingerprint density at radius 1 is 1.23 bits per heavy atom. The Morgan fingerprint density at radius 3 is 2.54 bits per heavy atom. The zero-order valence-corrected chi connectivity index (χ0v) is 14.4. The second kappa shape index (κ2) is 7.15. The van der Waals surface area contributed by atoms with Crippen LogP contribution < -0.4 is 10.1 Å². The molecule has 0 atom stereocenters. The van der Waals surface area contributed by atoms with Gasteiger partial charge in [-0.05, 0) is 37.1 Å². The number of methoxy groups -OCH3 is 1. The topological polar surface area (TPSA) is 75.6 Å². The van der Waals surface area contributed by atoms with E-state index in [2.05, 4.69) is 5.32 Å². The van der Waals surface area contributed by atoms with Gasteiger partial charge in [-0.2, -0.15) is 0 Å². The van der Waals surface area contributed by atoms with Crippen LogP contribution in [0.15, 0.2) is 42.5 Å². The molecule has 0 aliphatic heterocycles. The van der Waals surface area contributed by atoms with Gasteiger partial charge in [0.2, 0.25) is 0 Å². The summed E-state index contributed by atoms with van der Waals surface area (Å²) in [6, 6.07) is 11.0. The second-order valence-corrected chi connectivity index (χ2v) is 6.52. The van der Waals surface area contributed by atoms with Crippen LogP contribution >= 0.6 is 0 Å². The Kier molecular flexibility index (Phi) is 4.93. The monoisotopic (exact) mass is 357 g/mol. The third-order valence-electron chi connectivity index (χ3n) is 5.04. The molecule has 2 aromatic carbocycles. The number of carboxylic acids is 1. The van der Waals surface area contributed by atoms with Gasteiger partial charge in [-0.15, -0.1) is 0 Å². The van der Waals surface area contributed by atoms with Gasteiger partial charge in [0.1, 0.15) is 11.6 Å². The minimum absolute atomic E-state index is 0.162. The molecule has 2 N–H and O–H groups in total. The number of amides is 1. The van der Waals surface area contributed by atoms with Crippen LogP contribution in [-0.2, 0) is 5.41 Å². The summed E-state index contributed by atoms with van der Waals surface area (Å²) in [5, 5.41) is 11.7. The minimum atomic E-state index is -1.24. The lowest BCUT2D eigenvalue weighted by Crippen LogP contribution is -2.45. The van der Waals surface area contributed by atoms with Gasteiger partial charge in [-0.3, -0.25) is 4.79 Å². The molecule has 0 saturated heterocycles. The quantitative estimate of drug-likeness (QED) is 0.831. The number of hydrogen-bond donors (Lipinski definition) is 2. The molecule has 1 amide bonds. The molecule has 0 unspecified atom stereocenters. The summed E-state index contributed by atoms with van der Waals surface area (Å²) in [4.78, 5) is 23.3. The maximum atomic E-state index is 14.1. The molecular weight excluding hydrogens is 337 g/mol. The van der Waals surface area contributed by atoms with Crippen molar-refractivity contribution in [2.45, 2.75) is 24.7 Å². The molecule has 136 valence electrons.